The fourth-order valence-electron chi connectivity index (χ4n) is 2.74. The van der Waals surface area contributed by atoms with Crippen LogP contribution in [-0.4, -0.2) is 6.04 Å². The first-order valence-electron chi connectivity index (χ1n) is 6.95. The van der Waals surface area contributed by atoms with Gasteiger partial charge in [-0.1, -0.05) is 48.0 Å². The largest absolute Gasteiger partial charge is 0.310 e. The third-order valence-corrected chi connectivity index (χ3v) is 4.39. The number of nitrogens with one attached hydrogen (secondary N) is 1. The Hall–Kier alpha value is -1.38. The van der Waals surface area contributed by atoms with Crippen LogP contribution < -0.4 is 5.32 Å². The summed E-state index contributed by atoms with van der Waals surface area (Å²) in [7, 11) is 0. The van der Waals surface area contributed by atoms with Crippen LogP contribution in [0.1, 0.15) is 29.9 Å². The molecule has 0 heterocycles. The van der Waals surface area contributed by atoms with Crippen molar-refractivity contribution < 1.29 is 4.39 Å². The molecule has 104 valence electrons. The fraction of sp³-hybridized carbons (Fsp3) is 0.294. The number of hydrogen-bond acceptors (Lipinski definition) is 1. The summed E-state index contributed by atoms with van der Waals surface area (Å²) in [5.74, 6) is 0.266. The van der Waals surface area contributed by atoms with Crippen molar-refractivity contribution in [2.45, 2.75) is 31.3 Å². The van der Waals surface area contributed by atoms with Crippen LogP contribution in [0.4, 0.5) is 4.39 Å². The molecule has 0 unspecified atom stereocenters. The quantitative estimate of drug-likeness (QED) is 0.873. The molecule has 1 aliphatic rings. The molecule has 3 heteroatoms. The van der Waals surface area contributed by atoms with Crippen molar-refractivity contribution in [1.82, 2.24) is 5.32 Å². The summed E-state index contributed by atoms with van der Waals surface area (Å²) in [4.78, 5) is 0. The van der Waals surface area contributed by atoms with E-state index in [0.29, 0.717) is 12.0 Å². The lowest BCUT2D eigenvalue weighted by molar-refractivity contribution is 0.284. The molecule has 0 spiro atoms. The molecule has 0 aromatic heterocycles. The van der Waals surface area contributed by atoms with Gasteiger partial charge in [0, 0.05) is 17.6 Å². The summed E-state index contributed by atoms with van der Waals surface area (Å²) in [6.07, 6.45) is 1.98. The molecular weight excluding hydrogens is 273 g/mol. The minimum absolute atomic E-state index is 0.0814. The van der Waals surface area contributed by atoms with Crippen LogP contribution >= 0.6 is 11.6 Å². The van der Waals surface area contributed by atoms with Gasteiger partial charge in [0.1, 0.15) is 5.82 Å². The minimum atomic E-state index is -0.0814. The summed E-state index contributed by atoms with van der Waals surface area (Å²) in [6.45, 7) is 0.772. The van der Waals surface area contributed by atoms with E-state index in [9.17, 15) is 4.39 Å². The number of rotatable bonds is 4. The van der Waals surface area contributed by atoms with Crippen LogP contribution in [0.2, 0.25) is 5.02 Å². The molecule has 0 atom stereocenters. The van der Waals surface area contributed by atoms with Crippen molar-refractivity contribution in [3.8, 4) is 0 Å². The third-order valence-electron chi connectivity index (χ3n) is 4.02. The second kappa shape index (κ2) is 5.94. The summed E-state index contributed by atoms with van der Waals surface area (Å²) in [5, 5.41) is 4.28. The van der Waals surface area contributed by atoms with E-state index in [4.69, 9.17) is 11.6 Å². The average molecular weight is 290 g/mol. The number of halogens is 2. The highest BCUT2D eigenvalue weighted by Crippen LogP contribution is 2.38. The van der Waals surface area contributed by atoms with Gasteiger partial charge in [-0.15, -0.1) is 0 Å². The summed E-state index contributed by atoms with van der Waals surface area (Å²) in [6, 6.07) is 15.4. The van der Waals surface area contributed by atoms with Crippen molar-refractivity contribution in [2.75, 3.05) is 0 Å². The molecule has 1 saturated carbocycles. The third kappa shape index (κ3) is 2.87. The Morgan fingerprint density at radius 1 is 1.05 bits per heavy atom. The zero-order valence-corrected chi connectivity index (χ0v) is 11.9. The Morgan fingerprint density at radius 2 is 1.75 bits per heavy atom. The van der Waals surface area contributed by atoms with Gasteiger partial charge in [-0.05, 0) is 42.0 Å². The van der Waals surface area contributed by atoms with Gasteiger partial charge in [0.25, 0.3) is 0 Å². The molecule has 0 radical (unpaired) electrons. The Balaban J connectivity index is 1.52. The van der Waals surface area contributed by atoms with E-state index in [1.165, 1.54) is 0 Å². The van der Waals surface area contributed by atoms with Gasteiger partial charge < -0.3 is 5.32 Å². The summed E-state index contributed by atoms with van der Waals surface area (Å²) >= 11 is 6.12. The van der Waals surface area contributed by atoms with Crippen molar-refractivity contribution in [1.29, 1.82) is 0 Å². The molecule has 2 aromatic carbocycles. The highest BCUT2D eigenvalue weighted by molar-refractivity contribution is 6.31. The van der Waals surface area contributed by atoms with Crippen molar-refractivity contribution in [3.63, 3.8) is 0 Å². The molecule has 1 aliphatic carbocycles. The van der Waals surface area contributed by atoms with E-state index < -0.39 is 0 Å². The molecule has 20 heavy (non-hydrogen) atoms. The highest BCUT2D eigenvalue weighted by Gasteiger charge is 2.31. The Kier molecular flexibility index (Phi) is 4.04. The molecule has 3 rings (SSSR count). The van der Waals surface area contributed by atoms with E-state index in [2.05, 4.69) is 5.32 Å². The number of benzene rings is 2. The lowest BCUT2D eigenvalue weighted by Crippen LogP contribution is -2.39. The molecule has 1 N–H and O–H groups in total. The monoisotopic (exact) mass is 289 g/mol. The minimum Gasteiger partial charge on any atom is -0.310 e. The topological polar surface area (TPSA) is 12.0 Å². The average Bonchev–Trinajstić information content (AvgIpc) is 2.41. The summed E-state index contributed by atoms with van der Waals surface area (Å²) in [5.41, 5.74) is 1.96. The zero-order chi connectivity index (χ0) is 13.9. The van der Waals surface area contributed by atoms with Gasteiger partial charge in [0.15, 0.2) is 0 Å². The maximum absolute atomic E-state index is 13.7. The molecular formula is C17H17ClFN. The van der Waals surface area contributed by atoms with Crippen LogP contribution in [-0.2, 0) is 6.54 Å². The molecule has 1 fully saturated rings. The van der Waals surface area contributed by atoms with E-state index >= 15 is 0 Å². The van der Waals surface area contributed by atoms with Crippen LogP contribution in [0.15, 0.2) is 48.5 Å². The van der Waals surface area contributed by atoms with Gasteiger partial charge >= 0.3 is 0 Å². The standard InChI is InChI=1S/C17H17ClFN/c18-16-7-3-1-5-12(16)11-20-14-9-13(10-14)15-6-2-4-8-17(15)19/h1-8,13-14,20H,9-11H2. The van der Waals surface area contributed by atoms with E-state index in [1.54, 1.807) is 12.1 Å². The van der Waals surface area contributed by atoms with E-state index in [1.807, 2.05) is 36.4 Å². The van der Waals surface area contributed by atoms with Crippen LogP contribution in [0.25, 0.3) is 0 Å². The zero-order valence-electron chi connectivity index (χ0n) is 11.2. The Labute approximate surface area is 123 Å². The second-order valence-electron chi connectivity index (χ2n) is 5.36. The van der Waals surface area contributed by atoms with E-state index in [0.717, 1.165) is 35.5 Å². The van der Waals surface area contributed by atoms with E-state index in [-0.39, 0.29) is 5.82 Å². The fourth-order valence-corrected chi connectivity index (χ4v) is 2.94. The predicted molar refractivity (Wildman–Crippen MR) is 80.5 cm³/mol. The highest BCUT2D eigenvalue weighted by atomic mass is 35.5. The Morgan fingerprint density at radius 3 is 2.50 bits per heavy atom. The van der Waals surface area contributed by atoms with Crippen LogP contribution in [0.5, 0.6) is 0 Å². The van der Waals surface area contributed by atoms with Crippen LogP contribution in [0, 0.1) is 5.82 Å². The van der Waals surface area contributed by atoms with Gasteiger partial charge in [0.05, 0.1) is 0 Å². The van der Waals surface area contributed by atoms with Crippen molar-refractivity contribution in [3.05, 3.63) is 70.5 Å². The lowest BCUT2D eigenvalue weighted by Gasteiger charge is -2.36. The SMILES string of the molecule is Fc1ccccc1C1CC(NCc2ccccc2Cl)C1. The smallest absolute Gasteiger partial charge is 0.126 e. The van der Waals surface area contributed by atoms with Gasteiger partial charge in [-0.25, -0.2) is 4.39 Å². The van der Waals surface area contributed by atoms with Gasteiger partial charge in [0.2, 0.25) is 0 Å². The maximum atomic E-state index is 13.7. The van der Waals surface area contributed by atoms with Gasteiger partial charge in [-0.3, -0.25) is 0 Å². The Bertz CT molecular complexity index is 590. The number of hydrogen-bond donors (Lipinski definition) is 1. The van der Waals surface area contributed by atoms with Gasteiger partial charge in [-0.2, -0.15) is 0 Å². The molecule has 1 nitrogen and oxygen atoms in total. The first-order chi connectivity index (χ1) is 9.74. The summed E-state index contributed by atoms with van der Waals surface area (Å²) < 4.78 is 13.7. The maximum Gasteiger partial charge on any atom is 0.126 e. The lowest BCUT2D eigenvalue weighted by atomic mass is 9.75. The molecule has 0 aliphatic heterocycles. The van der Waals surface area contributed by atoms with Crippen molar-refractivity contribution in [2.24, 2.45) is 0 Å². The molecule has 2 aromatic rings. The molecule has 0 saturated heterocycles. The van der Waals surface area contributed by atoms with Crippen LogP contribution in [0.3, 0.4) is 0 Å². The normalized spacial score (nSPS) is 21.5. The van der Waals surface area contributed by atoms with Crippen molar-refractivity contribution >= 4 is 11.6 Å². The molecule has 0 bridgehead atoms. The first kappa shape index (κ1) is 13.6. The predicted octanol–water partition coefficient (Wildman–Crippen LogP) is 4.51. The second-order valence-corrected chi connectivity index (χ2v) is 5.77. The molecule has 0 amide bonds. The first-order valence-corrected chi connectivity index (χ1v) is 7.33.